The molecule has 0 amide bonds. The van der Waals surface area contributed by atoms with Crippen molar-refractivity contribution in [3.05, 3.63) is 11.9 Å². The number of hydrogen-bond donors (Lipinski definition) is 1. The van der Waals surface area contributed by atoms with Crippen LogP contribution in [0.4, 0.5) is 0 Å². The van der Waals surface area contributed by atoms with E-state index in [4.69, 9.17) is 0 Å². The van der Waals surface area contributed by atoms with E-state index in [1.807, 2.05) is 4.68 Å². The summed E-state index contributed by atoms with van der Waals surface area (Å²) < 4.78 is 1.94. The first kappa shape index (κ1) is 11.9. The molecule has 0 saturated heterocycles. The van der Waals surface area contributed by atoms with Crippen molar-refractivity contribution in [1.29, 1.82) is 0 Å². The minimum Gasteiger partial charge on any atom is -0.252 e. The van der Waals surface area contributed by atoms with Crippen molar-refractivity contribution in [3.8, 4) is 0 Å². The molecule has 80 valence electrons. The monoisotopic (exact) mass is 231 g/mol. The van der Waals surface area contributed by atoms with E-state index >= 15 is 0 Å². The van der Waals surface area contributed by atoms with Crippen LogP contribution in [-0.2, 0) is 13.0 Å². The van der Waals surface area contributed by atoms with Crippen LogP contribution in [0.25, 0.3) is 0 Å². The van der Waals surface area contributed by atoms with Crippen molar-refractivity contribution >= 4 is 22.5 Å². The minimum atomic E-state index is 0.977. The van der Waals surface area contributed by atoms with E-state index in [0.29, 0.717) is 0 Å². The Morgan fingerprint density at radius 1 is 1.50 bits per heavy atom. The highest BCUT2D eigenvalue weighted by molar-refractivity contribution is 8.68. The number of nitrogens with zero attached hydrogens (tertiary/aromatic N) is 3. The van der Waals surface area contributed by atoms with E-state index in [2.05, 4.69) is 35.1 Å². The Balaban J connectivity index is 2.22. The molecule has 1 heterocycles. The van der Waals surface area contributed by atoms with E-state index in [9.17, 15) is 0 Å². The van der Waals surface area contributed by atoms with Gasteiger partial charge in [0.05, 0.1) is 5.69 Å². The van der Waals surface area contributed by atoms with E-state index in [-0.39, 0.29) is 0 Å². The molecule has 0 bridgehead atoms. The summed E-state index contributed by atoms with van der Waals surface area (Å²) in [4.78, 5) is 0. The molecule has 0 radical (unpaired) electrons. The molecule has 1 aromatic heterocycles. The van der Waals surface area contributed by atoms with Gasteiger partial charge in [-0.3, -0.25) is 4.68 Å². The molecule has 0 saturated carbocycles. The zero-order chi connectivity index (χ0) is 10.2. The Labute approximate surface area is 94.5 Å². The Morgan fingerprint density at radius 3 is 3.07 bits per heavy atom. The highest BCUT2D eigenvalue weighted by Gasteiger charge is 1.98. The van der Waals surface area contributed by atoms with Crippen LogP contribution in [0.3, 0.4) is 0 Å². The van der Waals surface area contributed by atoms with Gasteiger partial charge in [0.15, 0.2) is 0 Å². The molecule has 0 aliphatic carbocycles. The zero-order valence-corrected chi connectivity index (χ0v) is 10.2. The number of aromatic nitrogens is 3. The molecule has 0 fully saturated rings. The summed E-state index contributed by atoms with van der Waals surface area (Å²) in [6.07, 6.45) is 6.57. The molecule has 0 aliphatic rings. The lowest BCUT2D eigenvalue weighted by molar-refractivity contribution is 0.554. The van der Waals surface area contributed by atoms with Crippen LogP contribution in [0.2, 0.25) is 0 Å². The Morgan fingerprint density at radius 2 is 2.36 bits per heavy atom. The molecule has 0 aromatic carbocycles. The Kier molecular flexibility index (Phi) is 6.10. The number of rotatable bonds is 7. The van der Waals surface area contributed by atoms with Crippen LogP contribution in [-0.4, -0.2) is 20.7 Å². The fourth-order valence-corrected chi connectivity index (χ4v) is 1.98. The van der Waals surface area contributed by atoms with Gasteiger partial charge < -0.3 is 0 Å². The lowest BCUT2D eigenvalue weighted by atomic mass is 10.3. The second kappa shape index (κ2) is 7.17. The van der Waals surface area contributed by atoms with Crippen molar-refractivity contribution in [2.45, 2.75) is 39.2 Å². The molecule has 0 unspecified atom stereocenters. The van der Waals surface area contributed by atoms with Crippen LogP contribution in [0, 0.1) is 0 Å². The van der Waals surface area contributed by atoms with Crippen molar-refractivity contribution in [2.24, 2.45) is 0 Å². The van der Waals surface area contributed by atoms with Gasteiger partial charge in [-0.2, -0.15) is 0 Å². The maximum absolute atomic E-state index is 4.10. The number of aryl methyl sites for hydroxylation is 2. The van der Waals surface area contributed by atoms with E-state index < -0.39 is 0 Å². The summed E-state index contributed by atoms with van der Waals surface area (Å²) in [6.45, 7) is 3.13. The summed E-state index contributed by atoms with van der Waals surface area (Å²) in [5.41, 5.74) is 1.11. The summed E-state index contributed by atoms with van der Waals surface area (Å²) >= 11 is 4.09. The predicted molar refractivity (Wildman–Crippen MR) is 64.7 cm³/mol. The minimum absolute atomic E-state index is 0.977. The fraction of sp³-hybridized carbons (Fsp3) is 0.778. The van der Waals surface area contributed by atoms with Gasteiger partial charge in [0, 0.05) is 18.5 Å². The fourth-order valence-electron chi connectivity index (χ4n) is 1.26. The maximum atomic E-state index is 4.10. The summed E-state index contributed by atoms with van der Waals surface area (Å²) in [5.74, 6) is 1.11. The SMILES string of the molecule is CCCc1cn(CCCCSS)nn1. The van der Waals surface area contributed by atoms with Gasteiger partial charge in [0.25, 0.3) is 0 Å². The normalized spacial score (nSPS) is 10.7. The topological polar surface area (TPSA) is 30.7 Å². The van der Waals surface area contributed by atoms with Crippen molar-refractivity contribution < 1.29 is 0 Å². The molecule has 5 heteroatoms. The van der Waals surface area contributed by atoms with Gasteiger partial charge in [0.1, 0.15) is 0 Å². The van der Waals surface area contributed by atoms with Crippen molar-refractivity contribution in [2.75, 3.05) is 5.75 Å². The average molecular weight is 231 g/mol. The number of thiol groups is 1. The predicted octanol–water partition coefficient (Wildman–Crippen LogP) is 2.59. The standard InChI is InChI=1S/C9H17N3S2/c1-2-5-9-8-12(11-10-9)6-3-4-7-14-13/h8,13H,2-7H2,1H3. The third kappa shape index (κ3) is 4.37. The van der Waals surface area contributed by atoms with Gasteiger partial charge >= 0.3 is 0 Å². The van der Waals surface area contributed by atoms with E-state index in [1.54, 1.807) is 10.8 Å². The third-order valence-corrected chi connectivity index (χ3v) is 2.98. The maximum Gasteiger partial charge on any atom is 0.0827 e. The molecule has 0 aliphatic heterocycles. The molecule has 1 aromatic rings. The lowest BCUT2D eigenvalue weighted by Gasteiger charge is -1.98. The summed E-state index contributed by atoms with van der Waals surface area (Å²) in [7, 11) is 1.60. The highest BCUT2D eigenvalue weighted by Crippen LogP contribution is 2.08. The van der Waals surface area contributed by atoms with E-state index in [0.717, 1.165) is 37.3 Å². The van der Waals surface area contributed by atoms with Crippen molar-refractivity contribution in [1.82, 2.24) is 15.0 Å². The van der Waals surface area contributed by atoms with Gasteiger partial charge in [-0.25, -0.2) is 0 Å². The van der Waals surface area contributed by atoms with Gasteiger partial charge in [-0.15, -0.1) is 16.8 Å². The molecular weight excluding hydrogens is 214 g/mol. The third-order valence-electron chi connectivity index (χ3n) is 1.97. The molecule has 0 atom stereocenters. The van der Waals surface area contributed by atoms with Crippen LogP contribution in [0.5, 0.6) is 0 Å². The second-order valence-corrected chi connectivity index (χ2v) is 4.70. The quantitative estimate of drug-likeness (QED) is 0.444. The second-order valence-electron chi connectivity index (χ2n) is 3.26. The Bertz CT molecular complexity index is 250. The molecule has 1 rings (SSSR count). The first-order valence-corrected chi connectivity index (χ1v) is 7.06. The smallest absolute Gasteiger partial charge is 0.0827 e. The zero-order valence-electron chi connectivity index (χ0n) is 8.52. The van der Waals surface area contributed by atoms with Gasteiger partial charge in [-0.05, 0) is 19.3 Å². The first-order chi connectivity index (χ1) is 6.86. The van der Waals surface area contributed by atoms with E-state index in [1.165, 1.54) is 6.42 Å². The van der Waals surface area contributed by atoms with Crippen LogP contribution >= 0.6 is 22.5 Å². The molecule has 14 heavy (non-hydrogen) atoms. The highest BCUT2D eigenvalue weighted by atomic mass is 33.1. The molecular formula is C9H17N3S2. The summed E-state index contributed by atoms with van der Waals surface area (Å²) in [6, 6.07) is 0. The summed E-state index contributed by atoms with van der Waals surface area (Å²) in [5, 5.41) is 8.17. The average Bonchev–Trinajstić information content (AvgIpc) is 2.61. The van der Waals surface area contributed by atoms with Gasteiger partial charge in [-0.1, -0.05) is 29.4 Å². The molecule has 0 spiro atoms. The largest absolute Gasteiger partial charge is 0.252 e. The molecule has 3 nitrogen and oxygen atoms in total. The van der Waals surface area contributed by atoms with Gasteiger partial charge in [0.2, 0.25) is 0 Å². The van der Waals surface area contributed by atoms with Crippen molar-refractivity contribution in [3.63, 3.8) is 0 Å². The Hall–Kier alpha value is -0.160. The van der Waals surface area contributed by atoms with Crippen LogP contribution < -0.4 is 0 Å². The lowest BCUT2D eigenvalue weighted by Crippen LogP contribution is -1.98. The number of unbranched alkanes of at least 4 members (excludes halogenated alkanes) is 1. The van der Waals surface area contributed by atoms with Crippen LogP contribution in [0.15, 0.2) is 6.20 Å². The first-order valence-electron chi connectivity index (χ1n) is 5.02. The molecule has 0 N–H and O–H groups in total. The number of hydrogen-bond acceptors (Lipinski definition) is 4. The van der Waals surface area contributed by atoms with Crippen LogP contribution in [0.1, 0.15) is 31.9 Å².